The first kappa shape index (κ1) is 23.4. The summed E-state index contributed by atoms with van der Waals surface area (Å²) in [6, 6.07) is 22.1. The van der Waals surface area contributed by atoms with Crippen LogP contribution in [0.4, 0.5) is 11.4 Å². The largest absolute Gasteiger partial charge is 0.492 e. The third-order valence-corrected chi connectivity index (χ3v) is 6.09. The zero-order valence-corrected chi connectivity index (χ0v) is 20.1. The van der Waals surface area contributed by atoms with Crippen LogP contribution in [0.15, 0.2) is 82.7 Å². The molecule has 0 aliphatic carbocycles. The number of thioether (sulfide) groups is 1. The number of hydrogen-bond donors (Lipinski definition) is 1. The zero-order chi connectivity index (χ0) is 24.1. The van der Waals surface area contributed by atoms with Gasteiger partial charge in [-0.2, -0.15) is 0 Å². The minimum atomic E-state index is -0.208. The Morgan fingerprint density at radius 2 is 1.74 bits per heavy atom. The van der Waals surface area contributed by atoms with Crippen LogP contribution < -0.4 is 20.5 Å². The number of aromatic nitrogens is 2. The van der Waals surface area contributed by atoms with Crippen molar-refractivity contribution in [3.05, 3.63) is 83.2 Å². The van der Waals surface area contributed by atoms with E-state index >= 15 is 0 Å². The van der Waals surface area contributed by atoms with Crippen LogP contribution in [0.1, 0.15) is 6.92 Å². The van der Waals surface area contributed by atoms with Crippen molar-refractivity contribution in [3.63, 3.8) is 0 Å². The van der Waals surface area contributed by atoms with Gasteiger partial charge in [0.1, 0.15) is 5.75 Å². The maximum Gasteiger partial charge on any atom is 0.266 e. The molecule has 3 aromatic carbocycles. The molecular formula is C26H26N4O3S. The maximum atomic E-state index is 13.5. The molecule has 1 aromatic heterocycles. The molecule has 0 fully saturated rings. The van der Waals surface area contributed by atoms with Crippen LogP contribution in [0.25, 0.3) is 16.6 Å². The monoisotopic (exact) mass is 474 g/mol. The molecule has 1 N–H and O–H groups in total. The molecule has 0 unspecified atom stereocenters. The zero-order valence-electron chi connectivity index (χ0n) is 19.3. The summed E-state index contributed by atoms with van der Waals surface area (Å²) >= 11 is 1.21. The van der Waals surface area contributed by atoms with Gasteiger partial charge in [0.25, 0.3) is 5.56 Å². The summed E-state index contributed by atoms with van der Waals surface area (Å²) in [6.07, 6.45) is 0. The fourth-order valence-corrected chi connectivity index (χ4v) is 4.32. The number of para-hydroxylation sites is 3. The van der Waals surface area contributed by atoms with Crippen molar-refractivity contribution in [2.24, 2.45) is 0 Å². The van der Waals surface area contributed by atoms with E-state index in [2.05, 4.69) is 5.32 Å². The second kappa shape index (κ2) is 10.4. The van der Waals surface area contributed by atoms with E-state index in [1.54, 1.807) is 12.1 Å². The Labute approximate surface area is 202 Å². The SMILES string of the molecule is CCOc1ccccc1-n1c(SCC(=O)Nc2ccc(N(C)C)cc2)nc2ccccc2c1=O. The molecule has 0 aliphatic heterocycles. The fourth-order valence-electron chi connectivity index (χ4n) is 3.51. The van der Waals surface area contributed by atoms with Crippen molar-refractivity contribution in [2.75, 3.05) is 36.7 Å². The summed E-state index contributed by atoms with van der Waals surface area (Å²) in [6.45, 7) is 2.35. The lowest BCUT2D eigenvalue weighted by atomic mass is 10.2. The molecule has 7 nitrogen and oxygen atoms in total. The number of fused-ring (bicyclic) bond motifs is 1. The topological polar surface area (TPSA) is 76.5 Å². The summed E-state index contributed by atoms with van der Waals surface area (Å²) in [4.78, 5) is 32.9. The van der Waals surface area contributed by atoms with Gasteiger partial charge in [0.05, 0.1) is 29.0 Å². The Morgan fingerprint density at radius 1 is 1.03 bits per heavy atom. The predicted octanol–water partition coefficient (Wildman–Crippen LogP) is 4.58. The van der Waals surface area contributed by atoms with E-state index in [4.69, 9.17) is 9.72 Å². The summed E-state index contributed by atoms with van der Waals surface area (Å²) in [7, 11) is 3.92. The van der Waals surface area contributed by atoms with Gasteiger partial charge < -0.3 is 15.0 Å². The number of benzene rings is 3. The lowest BCUT2D eigenvalue weighted by molar-refractivity contribution is -0.113. The van der Waals surface area contributed by atoms with Crippen molar-refractivity contribution < 1.29 is 9.53 Å². The first-order valence-electron chi connectivity index (χ1n) is 10.9. The number of ether oxygens (including phenoxy) is 1. The Bertz CT molecular complexity index is 1370. The van der Waals surface area contributed by atoms with Gasteiger partial charge in [-0.15, -0.1) is 0 Å². The summed E-state index contributed by atoms with van der Waals surface area (Å²) < 4.78 is 7.29. The standard InChI is InChI=1S/C26H26N4O3S/c1-4-33-23-12-8-7-11-22(23)30-25(32)20-9-5-6-10-21(20)28-26(30)34-17-24(31)27-18-13-15-19(16-14-18)29(2)3/h5-16H,4,17H2,1-3H3,(H,27,31). The molecule has 174 valence electrons. The van der Waals surface area contributed by atoms with Crippen LogP contribution >= 0.6 is 11.8 Å². The average Bonchev–Trinajstić information content (AvgIpc) is 2.84. The Hall–Kier alpha value is -3.78. The van der Waals surface area contributed by atoms with Crippen molar-refractivity contribution in [1.82, 2.24) is 9.55 Å². The highest BCUT2D eigenvalue weighted by molar-refractivity contribution is 7.99. The number of anilines is 2. The van der Waals surface area contributed by atoms with Gasteiger partial charge >= 0.3 is 0 Å². The quantitative estimate of drug-likeness (QED) is 0.298. The molecule has 34 heavy (non-hydrogen) atoms. The van der Waals surface area contributed by atoms with Gasteiger partial charge in [-0.25, -0.2) is 4.98 Å². The second-order valence-corrected chi connectivity index (χ2v) is 8.67. The third kappa shape index (κ3) is 5.07. The van der Waals surface area contributed by atoms with Crippen LogP contribution in [-0.4, -0.2) is 41.9 Å². The summed E-state index contributed by atoms with van der Waals surface area (Å²) in [5.41, 5.74) is 2.72. The number of hydrogen-bond acceptors (Lipinski definition) is 6. The maximum absolute atomic E-state index is 13.5. The molecule has 0 radical (unpaired) electrons. The molecule has 1 heterocycles. The summed E-state index contributed by atoms with van der Waals surface area (Å²) in [5.74, 6) is 0.489. The highest BCUT2D eigenvalue weighted by atomic mass is 32.2. The number of amides is 1. The highest BCUT2D eigenvalue weighted by Gasteiger charge is 2.17. The molecule has 0 atom stereocenters. The molecule has 0 bridgehead atoms. The fraction of sp³-hybridized carbons (Fsp3) is 0.192. The Morgan fingerprint density at radius 3 is 2.47 bits per heavy atom. The van der Waals surface area contributed by atoms with E-state index in [9.17, 15) is 9.59 Å². The van der Waals surface area contributed by atoms with Gasteiger partial charge in [-0.3, -0.25) is 14.2 Å². The molecule has 0 saturated carbocycles. The smallest absolute Gasteiger partial charge is 0.266 e. The van der Waals surface area contributed by atoms with Gasteiger partial charge in [0.15, 0.2) is 5.16 Å². The number of carbonyl (C=O) groups excluding carboxylic acids is 1. The highest BCUT2D eigenvalue weighted by Crippen LogP contribution is 2.27. The van der Waals surface area contributed by atoms with E-state index in [-0.39, 0.29) is 17.2 Å². The normalized spacial score (nSPS) is 10.8. The van der Waals surface area contributed by atoms with Crippen molar-refractivity contribution in [1.29, 1.82) is 0 Å². The van der Waals surface area contributed by atoms with Crippen molar-refractivity contribution in [2.45, 2.75) is 12.1 Å². The van der Waals surface area contributed by atoms with Crippen LogP contribution in [0.3, 0.4) is 0 Å². The van der Waals surface area contributed by atoms with E-state index in [1.807, 2.05) is 86.6 Å². The van der Waals surface area contributed by atoms with E-state index < -0.39 is 0 Å². The molecule has 1 amide bonds. The third-order valence-electron chi connectivity index (χ3n) is 5.15. The lowest BCUT2D eigenvalue weighted by Gasteiger charge is -2.16. The number of nitrogens with zero attached hydrogens (tertiary/aromatic N) is 3. The second-order valence-electron chi connectivity index (χ2n) is 7.73. The molecule has 8 heteroatoms. The van der Waals surface area contributed by atoms with Crippen LogP contribution in [0.5, 0.6) is 5.75 Å². The first-order chi connectivity index (χ1) is 16.5. The average molecular weight is 475 g/mol. The first-order valence-corrected chi connectivity index (χ1v) is 11.9. The van der Waals surface area contributed by atoms with Crippen molar-refractivity contribution >= 4 is 39.9 Å². The van der Waals surface area contributed by atoms with Crippen LogP contribution in [-0.2, 0) is 4.79 Å². The number of rotatable bonds is 8. The minimum Gasteiger partial charge on any atom is -0.492 e. The predicted molar refractivity (Wildman–Crippen MR) is 139 cm³/mol. The van der Waals surface area contributed by atoms with E-state index in [0.717, 1.165) is 5.69 Å². The Kier molecular flexibility index (Phi) is 7.18. The molecular weight excluding hydrogens is 448 g/mol. The van der Waals surface area contributed by atoms with E-state index in [1.165, 1.54) is 16.3 Å². The van der Waals surface area contributed by atoms with Gasteiger partial charge in [0.2, 0.25) is 5.91 Å². The van der Waals surface area contributed by atoms with Crippen LogP contribution in [0, 0.1) is 0 Å². The number of nitrogens with one attached hydrogen (secondary N) is 1. The molecule has 4 aromatic rings. The van der Waals surface area contributed by atoms with Crippen molar-refractivity contribution in [3.8, 4) is 11.4 Å². The minimum absolute atomic E-state index is 0.0943. The van der Waals surface area contributed by atoms with Gasteiger partial charge in [0, 0.05) is 25.5 Å². The van der Waals surface area contributed by atoms with Crippen LogP contribution in [0.2, 0.25) is 0 Å². The molecule has 0 aliphatic rings. The van der Waals surface area contributed by atoms with E-state index in [0.29, 0.717) is 39.8 Å². The number of carbonyl (C=O) groups is 1. The molecule has 4 rings (SSSR count). The summed E-state index contributed by atoms with van der Waals surface area (Å²) in [5, 5.41) is 3.83. The molecule has 0 saturated heterocycles. The Balaban J connectivity index is 1.65. The lowest BCUT2D eigenvalue weighted by Crippen LogP contribution is -2.23. The van der Waals surface area contributed by atoms with Gasteiger partial charge in [-0.05, 0) is 55.5 Å². The van der Waals surface area contributed by atoms with Gasteiger partial charge in [-0.1, -0.05) is 36.0 Å². The molecule has 0 spiro atoms.